The van der Waals surface area contributed by atoms with Crippen molar-refractivity contribution in [3.63, 3.8) is 0 Å². The summed E-state index contributed by atoms with van der Waals surface area (Å²) in [6.07, 6.45) is 0.199. The fraction of sp³-hybridized carbons (Fsp3) is 0.259. The Labute approximate surface area is 205 Å². The van der Waals surface area contributed by atoms with Gasteiger partial charge < -0.3 is 15.5 Å². The van der Waals surface area contributed by atoms with Crippen LogP contribution in [0.2, 0.25) is 5.02 Å². The third kappa shape index (κ3) is 6.83. The molecule has 0 aliphatic carbocycles. The van der Waals surface area contributed by atoms with E-state index in [0.717, 1.165) is 44.1 Å². The fourth-order valence-electron chi connectivity index (χ4n) is 3.98. The first-order valence-electron chi connectivity index (χ1n) is 11.5. The minimum Gasteiger partial charge on any atom is -0.369 e. The summed E-state index contributed by atoms with van der Waals surface area (Å²) in [4.78, 5) is 29.2. The molecule has 1 saturated heterocycles. The molecule has 1 aliphatic heterocycles. The van der Waals surface area contributed by atoms with E-state index in [2.05, 4.69) is 44.7 Å². The number of nitrogens with one attached hydrogen (secondary N) is 2. The van der Waals surface area contributed by atoms with E-state index < -0.39 is 0 Å². The largest absolute Gasteiger partial charge is 0.369 e. The Hall–Kier alpha value is -3.35. The molecule has 34 heavy (non-hydrogen) atoms. The first-order chi connectivity index (χ1) is 16.6. The lowest BCUT2D eigenvalue weighted by Gasteiger charge is -2.36. The van der Waals surface area contributed by atoms with Crippen molar-refractivity contribution in [1.29, 1.82) is 0 Å². The van der Waals surface area contributed by atoms with E-state index in [9.17, 15) is 9.59 Å². The number of anilines is 2. The Kier molecular flexibility index (Phi) is 8.17. The topological polar surface area (TPSA) is 64.7 Å². The molecule has 3 aromatic rings. The number of benzene rings is 3. The molecule has 0 unspecified atom stereocenters. The van der Waals surface area contributed by atoms with Crippen LogP contribution in [0.4, 0.5) is 11.4 Å². The molecule has 0 spiro atoms. The van der Waals surface area contributed by atoms with Gasteiger partial charge >= 0.3 is 0 Å². The van der Waals surface area contributed by atoms with Gasteiger partial charge in [0.05, 0.1) is 0 Å². The number of carbonyl (C=O) groups is 2. The fourth-order valence-corrected chi connectivity index (χ4v) is 4.10. The van der Waals surface area contributed by atoms with Gasteiger partial charge in [0.15, 0.2) is 0 Å². The van der Waals surface area contributed by atoms with E-state index in [4.69, 9.17) is 11.6 Å². The molecule has 0 atom stereocenters. The third-order valence-electron chi connectivity index (χ3n) is 5.88. The summed E-state index contributed by atoms with van der Waals surface area (Å²) in [5.41, 5.74) is 3.77. The van der Waals surface area contributed by atoms with Crippen molar-refractivity contribution in [2.75, 3.05) is 42.9 Å². The van der Waals surface area contributed by atoms with Gasteiger partial charge in [-0.15, -0.1) is 0 Å². The van der Waals surface area contributed by atoms with Crippen LogP contribution in [-0.2, 0) is 11.3 Å². The van der Waals surface area contributed by atoms with E-state index in [1.165, 1.54) is 5.56 Å². The molecule has 0 saturated carbocycles. The van der Waals surface area contributed by atoms with Gasteiger partial charge in [0.1, 0.15) is 0 Å². The normalized spacial score (nSPS) is 14.0. The first kappa shape index (κ1) is 23.8. The Bertz CT molecular complexity index is 1080. The third-order valence-corrected chi connectivity index (χ3v) is 6.13. The first-order valence-corrected chi connectivity index (χ1v) is 11.9. The van der Waals surface area contributed by atoms with E-state index >= 15 is 0 Å². The number of nitrogens with zero attached hydrogens (tertiary/aromatic N) is 2. The molecule has 7 heteroatoms. The highest BCUT2D eigenvalue weighted by atomic mass is 35.5. The van der Waals surface area contributed by atoms with Crippen LogP contribution in [-0.4, -0.2) is 49.4 Å². The predicted molar refractivity (Wildman–Crippen MR) is 137 cm³/mol. The Balaban J connectivity index is 1.18. The lowest BCUT2D eigenvalue weighted by Crippen LogP contribution is -2.45. The van der Waals surface area contributed by atoms with Crippen LogP contribution in [0.1, 0.15) is 22.3 Å². The molecule has 0 radical (unpaired) electrons. The van der Waals surface area contributed by atoms with Crippen molar-refractivity contribution in [2.45, 2.75) is 13.0 Å². The molecule has 2 N–H and O–H groups in total. The minimum atomic E-state index is -0.224. The molecule has 1 aliphatic rings. The SMILES string of the molecule is O=C(CCNC(=O)c1ccc(Cl)cc1)Nc1ccc(N2CCN(Cc3ccccc3)CC2)cc1. The maximum Gasteiger partial charge on any atom is 0.251 e. The minimum absolute atomic E-state index is 0.140. The second-order valence-electron chi connectivity index (χ2n) is 8.36. The number of halogens is 1. The Morgan fingerprint density at radius 2 is 1.50 bits per heavy atom. The molecular weight excluding hydrogens is 448 g/mol. The summed E-state index contributed by atoms with van der Waals surface area (Å²) in [5.74, 6) is -0.364. The summed E-state index contributed by atoms with van der Waals surface area (Å²) in [5, 5.41) is 6.22. The number of piperazine rings is 1. The number of hydrogen-bond donors (Lipinski definition) is 2. The average Bonchev–Trinajstić information content (AvgIpc) is 2.86. The lowest BCUT2D eigenvalue weighted by molar-refractivity contribution is -0.116. The van der Waals surface area contributed by atoms with Crippen molar-refractivity contribution in [3.8, 4) is 0 Å². The van der Waals surface area contributed by atoms with Crippen LogP contribution in [0.5, 0.6) is 0 Å². The zero-order chi connectivity index (χ0) is 23.8. The molecule has 3 aromatic carbocycles. The van der Waals surface area contributed by atoms with Crippen molar-refractivity contribution in [2.24, 2.45) is 0 Å². The summed E-state index contributed by atoms with van der Waals surface area (Å²) in [6, 6.07) is 25.2. The Morgan fingerprint density at radius 1 is 0.824 bits per heavy atom. The van der Waals surface area contributed by atoms with Crippen molar-refractivity contribution < 1.29 is 9.59 Å². The highest BCUT2D eigenvalue weighted by Gasteiger charge is 2.17. The number of rotatable bonds is 8. The molecule has 4 rings (SSSR count). The van der Waals surface area contributed by atoms with Crippen molar-refractivity contribution in [3.05, 3.63) is 95.0 Å². The predicted octanol–water partition coefficient (Wildman–Crippen LogP) is 4.42. The summed E-state index contributed by atoms with van der Waals surface area (Å²) in [6.45, 7) is 5.25. The van der Waals surface area contributed by atoms with Crippen molar-refractivity contribution in [1.82, 2.24) is 10.2 Å². The molecule has 6 nitrogen and oxygen atoms in total. The molecule has 1 heterocycles. The molecule has 1 fully saturated rings. The van der Waals surface area contributed by atoms with Crippen LogP contribution in [0.25, 0.3) is 0 Å². The van der Waals surface area contributed by atoms with Crippen LogP contribution in [0.15, 0.2) is 78.9 Å². The van der Waals surface area contributed by atoms with Gasteiger partial charge in [-0.25, -0.2) is 0 Å². The average molecular weight is 477 g/mol. The van der Waals surface area contributed by atoms with E-state index in [1.54, 1.807) is 24.3 Å². The quantitative estimate of drug-likeness (QED) is 0.505. The van der Waals surface area contributed by atoms with Gasteiger partial charge in [0, 0.05) is 67.7 Å². The van der Waals surface area contributed by atoms with Crippen molar-refractivity contribution >= 4 is 34.8 Å². The highest BCUT2D eigenvalue weighted by Crippen LogP contribution is 2.20. The van der Waals surface area contributed by atoms with Gasteiger partial charge in [-0.05, 0) is 54.1 Å². The lowest BCUT2D eigenvalue weighted by atomic mass is 10.2. The summed E-state index contributed by atoms with van der Waals surface area (Å²) < 4.78 is 0. The molecule has 176 valence electrons. The second-order valence-corrected chi connectivity index (χ2v) is 8.79. The van der Waals surface area contributed by atoms with Crippen LogP contribution in [0.3, 0.4) is 0 Å². The summed E-state index contributed by atoms with van der Waals surface area (Å²) >= 11 is 5.84. The zero-order valence-electron chi connectivity index (χ0n) is 19.0. The van der Waals surface area contributed by atoms with Crippen LogP contribution < -0.4 is 15.5 Å². The van der Waals surface area contributed by atoms with Crippen LogP contribution in [0, 0.1) is 0 Å². The maximum absolute atomic E-state index is 12.3. The maximum atomic E-state index is 12.3. The van der Waals surface area contributed by atoms with E-state index in [-0.39, 0.29) is 24.8 Å². The Morgan fingerprint density at radius 3 is 2.18 bits per heavy atom. The smallest absolute Gasteiger partial charge is 0.251 e. The standard InChI is InChI=1S/C27H29ClN4O2/c28-23-8-6-22(7-9-23)27(34)29-15-14-26(33)30-24-10-12-25(13-11-24)32-18-16-31(17-19-32)20-21-4-2-1-3-5-21/h1-13H,14-20H2,(H,29,34)(H,30,33). The van der Waals surface area contributed by atoms with E-state index in [1.807, 2.05) is 30.3 Å². The van der Waals surface area contributed by atoms with Gasteiger partial charge in [0.2, 0.25) is 5.91 Å². The van der Waals surface area contributed by atoms with Gasteiger partial charge in [-0.3, -0.25) is 14.5 Å². The molecule has 0 aromatic heterocycles. The monoisotopic (exact) mass is 476 g/mol. The van der Waals surface area contributed by atoms with E-state index in [0.29, 0.717) is 10.6 Å². The van der Waals surface area contributed by atoms with Crippen LogP contribution >= 0.6 is 11.6 Å². The summed E-state index contributed by atoms with van der Waals surface area (Å²) in [7, 11) is 0. The number of carbonyl (C=O) groups excluding carboxylic acids is 2. The highest BCUT2D eigenvalue weighted by molar-refractivity contribution is 6.30. The second kappa shape index (κ2) is 11.7. The number of hydrogen-bond acceptors (Lipinski definition) is 4. The zero-order valence-corrected chi connectivity index (χ0v) is 19.8. The molecule has 0 bridgehead atoms. The molecule has 2 amide bonds. The molecular formula is C27H29ClN4O2. The van der Waals surface area contributed by atoms with Gasteiger partial charge in [-0.2, -0.15) is 0 Å². The van der Waals surface area contributed by atoms with Gasteiger partial charge in [0.25, 0.3) is 5.91 Å². The van der Waals surface area contributed by atoms with Gasteiger partial charge in [-0.1, -0.05) is 41.9 Å². The number of amides is 2.